The molecule has 1 aromatic carbocycles. The van der Waals surface area contributed by atoms with Gasteiger partial charge in [-0.2, -0.15) is 0 Å². The summed E-state index contributed by atoms with van der Waals surface area (Å²) in [7, 11) is 1.62. The molecule has 1 aromatic rings. The molecule has 1 saturated carbocycles. The molecule has 21 heavy (non-hydrogen) atoms. The summed E-state index contributed by atoms with van der Waals surface area (Å²) in [6.45, 7) is 5.22. The monoisotopic (exact) mass is 307 g/mol. The highest BCUT2D eigenvalue weighted by atomic mass is 32.1. The molecule has 2 unspecified atom stereocenters. The van der Waals surface area contributed by atoms with Crippen LogP contribution in [0.2, 0.25) is 0 Å². The van der Waals surface area contributed by atoms with Gasteiger partial charge in [-0.15, -0.1) is 0 Å². The molecule has 0 bridgehead atoms. The number of nitrogens with two attached hydrogens (primary N) is 1. The topological polar surface area (TPSA) is 44.5 Å². The fourth-order valence-electron chi connectivity index (χ4n) is 3.26. The molecule has 1 fully saturated rings. The van der Waals surface area contributed by atoms with Gasteiger partial charge >= 0.3 is 0 Å². The lowest BCUT2D eigenvalue weighted by atomic mass is 9.82. The van der Waals surface area contributed by atoms with Crippen molar-refractivity contribution < 1.29 is 9.47 Å². The lowest BCUT2D eigenvalue weighted by Gasteiger charge is -2.31. The maximum Gasteiger partial charge on any atom is 0.129 e. The normalized spacial score (nSPS) is 25.6. The second-order valence-corrected chi connectivity index (χ2v) is 6.69. The molecule has 0 saturated heterocycles. The van der Waals surface area contributed by atoms with Gasteiger partial charge in [0.1, 0.15) is 10.7 Å². The fraction of sp³-hybridized carbons (Fsp3) is 0.588. The first kappa shape index (κ1) is 16.2. The van der Waals surface area contributed by atoms with Gasteiger partial charge in [0.2, 0.25) is 0 Å². The van der Waals surface area contributed by atoms with Crippen LogP contribution in [-0.2, 0) is 11.3 Å². The highest BCUT2D eigenvalue weighted by molar-refractivity contribution is 7.80. The van der Waals surface area contributed by atoms with E-state index in [0.717, 1.165) is 35.8 Å². The quantitative estimate of drug-likeness (QED) is 0.843. The molecule has 2 atom stereocenters. The lowest BCUT2D eigenvalue weighted by molar-refractivity contribution is -0.00916. The maximum absolute atomic E-state index is 6.09. The Kier molecular flexibility index (Phi) is 5.59. The van der Waals surface area contributed by atoms with Crippen molar-refractivity contribution in [2.24, 2.45) is 17.6 Å². The zero-order valence-corrected chi connectivity index (χ0v) is 13.9. The average Bonchev–Trinajstić information content (AvgIpc) is 2.43. The van der Waals surface area contributed by atoms with Gasteiger partial charge in [-0.25, -0.2) is 0 Å². The minimum atomic E-state index is 0.355. The molecule has 0 amide bonds. The fourth-order valence-corrected chi connectivity index (χ4v) is 3.42. The Labute approximate surface area is 132 Å². The molecule has 0 aromatic heterocycles. The Bertz CT molecular complexity index is 494. The number of thiocarbonyl (C=S) groups is 1. The molecule has 116 valence electrons. The molecule has 4 heteroatoms. The third kappa shape index (κ3) is 4.42. The van der Waals surface area contributed by atoms with Crippen molar-refractivity contribution >= 4 is 17.2 Å². The molecule has 0 aliphatic heterocycles. The van der Waals surface area contributed by atoms with Crippen molar-refractivity contribution in [1.82, 2.24) is 0 Å². The second kappa shape index (κ2) is 7.23. The van der Waals surface area contributed by atoms with Crippen molar-refractivity contribution in [3.05, 3.63) is 29.3 Å². The Morgan fingerprint density at radius 1 is 1.24 bits per heavy atom. The largest absolute Gasteiger partial charge is 0.496 e. The Morgan fingerprint density at radius 2 is 1.90 bits per heavy atom. The van der Waals surface area contributed by atoms with Crippen LogP contribution < -0.4 is 10.5 Å². The van der Waals surface area contributed by atoms with Gasteiger partial charge < -0.3 is 15.2 Å². The molecule has 2 rings (SSSR count). The van der Waals surface area contributed by atoms with E-state index in [1.807, 2.05) is 18.2 Å². The van der Waals surface area contributed by atoms with E-state index in [1.54, 1.807) is 7.11 Å². The van der Waals surface area contributed by atoms with Crippen molar-refractivity contribution in [2.45, 2.75) is 45.8 Å². The number of hydrogen-bond acceptors (Lipinski definition) is 3. The molecule has 2 N–H and O–H groups in total. The van der Waals surface area contributed by atoms with Gasteiger partial charge in [0.25, 0.3) is 0 Å². The summed E-state index contributed by atoms with van der Waals surface area (Å²) in [6.07, 6.45) is 3.98. The van der Waals surface area contributed by atoms with Gasteiger partial charge in [-0.05, 0) is 48.8 Å². The summed E-state index contributed by atoms with van der Waals surface area (Å²) in [5, 5.41) is 0. The third-order valence-corrected chi connectivity index (χ3v) is 4.37. The van der Waals surface area contributed by atoms with Gasteiger partial charge in [-0.1, -0.05) is 32.1 Å². The number of methoxy groups -OCH3 is 1. The first-order chi connectivity index (χ1) is 9.99. The van der Waals surface area contributed by atoms with Crippen molar-refractivity contribution in [2.75, 3.05) is 7.11 Å². The molecular weight excluding hydrogens is 282 g/mol. The lowest BCUT2D eigenvalue weighted by Crippen LogP contribution is -2.26. The van der Waals surface area contributed by atoms with E-state index in [9.17, 15) is 0 Å². The van der Waals surface area contributed by atoms with Crippen LogP contribution in [0.1, 0.15) is 44.2 Å². The first-order valence-corrected chi connectivity index (χ1v) is 7.98. The highest BCUT2D eigenvalue weighted by Crippen LogP contribution is 2.31. The average molecular weight is 307 g/mol. The predicted octanol–water partition coefficient (Wildman–Crippen LogP) is 3.67. The van der Waals surface area contributed by atoms with Crippen molar-refractivity contribution in [3.63, 3.8) is 0 Å². The van der Waals surface area contributed by atoms with Gasteiger partial charge in [0.05, 0.1) is 25.4 Å². The minimum Gasteiger partial charge on any atom is -0.496 e. The standard InChI is InChI=1S/C17H25NO2S/c1-11-6-12(2)8-14(7-11)20-10-13-4-5-16(19-3)15(9-13)17(18)21/h4-5,9,11-12,14H,6-8,10H2,1-3H3,(H2,18,21). The van der Waals surface area contributed by atoms with Crippen LogP contribution >= 0.6 is 12.2 Å². The summed E-state index contributed by atoms with van der Waals surface area (Å²) in [5.74, 6) is 2.22. The van der Waals surface area contributed by atoms with Crippen molar-refractivity contribution in [3.8, 4) is 5.75 Å². The van der Waals surface area contributed by atoms with E-state index in [-0.39, 0.29) is 0 Å². The van der Waals surface area contributed by atoms with Crippen LogP contribution in [-0.4, -0.2) is 18.2 Å². The number of rotatable bonds is 5. The van der Waals surface area contributed by atoms with Crippen LogP contribution in [0.25, 0.3) is 0 Å². The van der Waals surface area contributed by atoms with E-state index < -0.39 is 0 Å². The van der Waals surface area contributed by atoms with E-state index in [2.05, 4.69) is 13.8 Å². The third-order valence-electron chi connectivity index (χ3n) is 4.15. The van der Waals surface area contributed by atoms with Crippen molar-refractivity contribution in [1.29, 1.82) is 0 Å². The smallest absolute Gasteiger partial charge is 0.129 e. The molecule has 0 spiro atoms. The molecule has 3 nitrogen and oxygen atoms in total. The maximum atomic E-state index is 6.09. The zero-order chi connectivity index (χ0) is 15.4. The van der Waals surface area contributed by atoms with E-state index >= 15 is 0 Å². The molecule has 0 heterocycles. The summed E-state index contributed by atoms with van der Waals surface area (Å²) in [5.41, 5.74) is 7.61. The molecule has 1 aliphatic carbocycles. The number of ether oxygens (including phenoxy) is 2. The second-order valence-electron chi connectivity index (χ2n) is 6.25. The van der Waals surface area contributed by atoms with E-state index in [1.165, 1.54) is 6.42 Å². The van der Waals surface area contributed by atoms with Crippen LogP contribution in [0.4, 0.5) is 0 Å². The zero-order valence-electron chi connectivity index (χ0n) is 13.1. The summed E-state index contributed by atoms with van der Waals surface area (Å²) >= 11 is 5.07. The summed E-state index contributed by atoms with van der Waals surface area (Å²) in [4.78, 5) is 0.355. The minimum absolute atomic E-state index is 0.355. The van der Waals surface area contributed by atoms with Crippen LogP contribution in [0, 0.1) is 11.8 Å². The molecule has 0 radical (unpaired) electrons. The van der Waals surface area contributed by atoms with Crippen LogP contribution in [0.3, 0.4) is 0 Å². The summed E-state index contributed by atoms with van der Waals surface area (Å²) < 4.78 is 11.4. The highest BCUT2D eigenvalue weighted by Gasteiger charge is 2.24. The Balaban J connectivity index is 2.00. The van der Waals surface area contributed by atoms with Crippen LogP contribution in [0.15, 0.2) is 18.2 Å². The first-order valence-electron chi connectivity index (χ1n) is 7.58. The predicted molar refractivity (Wildman–Crippen MR) is 89.6 cm³/mol. The van der Waals surface area contributed by atoms with E-state index in [4.69, 9.17) is 27.4 Å². The number of hydrogen-bond donors (Lipinski definition) is 1. The molecular formula is C17H25NO2S. The number of benzene rings is 1. The van der Waals surface area contributed by atoms with E-state index in [0.29, 0.717) is 23.4 Å². The van der Waals surface area contributed by atoms with Gasteiger partial charge in [0.15, 0.2) is 0 Å². The Hall–Kier alpha value is -1.13. The van der Waals surface area contributed by atoms with Gasteiger partial charge in [0, 0.05) is 0 Å². The van der Waals surface area contributed by atoms with Gasteiger partial charge in [-0.3, -0.25) is 0 Å². The Morgan fingerprint density at radius 3 is 2.48 bits per heavy atom. The van der Waals surface area contributed by atoms with Crippen LogP contribution in [0.5, 0.6) is 5.75 Å². The molecule has 1 aliphatic rings. The summed E-state index contributed by atoms with van der Waals surface area (Å²) in [6, 6.07) is 5.88. The SMILES string of the molecule is COc1ccc(COC2CC(C)CC(C)C2)cc1C(N)=S.